The molecule has 2 aliphatic rings. The highest BCUT2D eigenvalue weighted by molar-refractivity contribution is 7.10. The van der Waals surface area contributed by atoms with Crippen LogP contribution in [0.25, 0.3) is 0 Å². The van der Waals surface area contributed by atoms with Crippen molar-refractivity contribution in [3.63, 3.8) is 0 Å². The summed E-state index contributed by atoms with van der Waals surface area (Å²) in [4.78, 5) is 15.7. The minimum Gasteiger partial charge on any atom is -0.338 e. The van der Waals surface area contributed by atoms with E-state index in [1.807, 2.05) is 16.2 Å². The summed E-state index contributed by atoms with van der Waals surface area (Å²) in [5.41, 5.74) is 1.36. The third-order valence-corrected chi connectivity index (χ3v) is 4.55. The maximum atomic E-state index is 12.2. The number of rotatable bonds is 1. The monoisotopic (exact) mass is 272 g/mol. The van der Waals surface area contributed by atoms with Crippen LogP contribution < -0.4 is 5.32 Å². The lowest BCUT2D eigenvalue weighted by Gasteiger charge is -2.29. The zero-order valence-electron chi connectivity index (χ0n) is 9.65. The lowest BCUT2D eigenvalue weighted by atomic mass is 10.0. The topological polar surface area (TPSA) is 32.3 Å². The van der Waals surface area contributed by atoms with E-state index in [1.54, 1.807) is 0 Å². The SMILES string of the molecule is Cl.O=C(C1CCNC1)N1CCc2sccc2C1. The summed E-state index contributed by atoms with van der Waals surface area (Å²) < 4.78 is 0. The van der Waals surface area contributed by atoms with Gasteiger partial charge in [-0.1, -0.05) is 0 Å². The van der Waals surface area contributed by atoms with Gasteiger partial charge in [0.15, 0.2) is 0 Å². The summed E-state index contributed by atoms with van der Waals surface area (Å²) in [5.74, 6) is 0.571. The molecule has 0 aromatic carbocycles. The van der Waals surface area contributed by atoms with Crippen molar-refractivity contribution < 1.29 is 4.79 Å². The average Bonchev–Trinajstić information content (AvgIpc) is 2.98. The van der Waals surface area contributed by atoms with Crippen LogP contribution in [0.3, 0.4) is 0 Å². The Morgan fingerprint density at radius 1 is 1.53 bits per heavy atom. The van der Waals surface area contributed by atoms with Crippen molar-refractivity contribution in [3.05, 3.63) is 21.9 Å². The minimum atomic E-state index is 0. The van der Waals surface area contributed by atoms with Crippen molar-refractivity contribution in [1.29, 1.82) is 0 Å². The molecule has 3 heterocycles. The lowest BCUT2D eigenvalue weighted by molar-refractivity contribution is -0.135. The Morgan fingerprint density at radius 3 is 3.18 bits per heavy atom. The molecule has 3 rings (SSSR count). The third kappa shape index (κ3) is 2.49. The molecule has 0 saturated carbocycles. The number of nitrogens with zero attached hydrogens (tertiary/aromatic N) is 1. The molecule has 3 nitrogen and oxygen atoms in total. The molecular formula is C12H17ClN2OS. The van der Waals surface area contributed by atoms with Crippen LogP contribution in [0.4, 0.5) is 0 Å². The van der Waals surface area contributed by atoms with Crippen molar-refractivity contribution in [2.24, 2.45) is 5.92 Å². The Kier molecular flexibility index (Phi) is 4.07. The zero-order chi connectivity index (χ0) is 11.0. The maximum Gasteiger partial charge on any atom is 0.227 e. The quantitative estimate of drug-likeness (QED) is 0.843. The summed E-state index contributed by atoms with van der Waals surface area (Å²) in [7, 11) is 0. The molecule has 1 atom stereocenters. The highest BCUT2D eigenvalue weighted by Crippen LogP contribution is 2.25. The number of carbonyl (C=O) groups excluding carboxylic acids is 1. The Hall–Kier alpha value is -0.580. The van der Waals surface area contributed by atoms with Crippen molar-refractivity contribution in [2.75, 3.05) is 19.6 Å². The van der Waals surface area contributed by atoms with Crippen LogP contribution in [0.2, 0.25) is 0 Å². The Labute approximate surface area is 112 Å². The smallest absolute Gasteiger partial charge is 0.227 e. The molecule has 2 aliphatic heterocycles. The molecule has 94 valence electrons. The van der Waals surface area contributed by atoms with Crippen LogP contribution in [-0.4, -0.2) is 30.4 Å². The van der Waals surface area contributed by atoms with Crippen LogP contribution in [0.1, 0.15) is 16.9 Å². The molecule has 1 fully saturated rings. The van der Waals surface area contributed by atoms with E-state index < -0.39 is 0 Å². The largest absolute Gasteiger partial charge is 0.338 e. The first-order valence-electron chi connectivity index (χ1n) is 5.89. The van der Waals surface area contributed by atoms with Crippen molar-refractivity contribution in [3.8, 4) is 0 Å². The Balaban J connectivity index is 0.00000108. The van der Waals surface area contributed by atoms with E-state index in [0.717, 1.165) is 39.0 Å². The van der Waals surface area contributed by atoms with Gasteiger partial charge in [0.05, 0.1) is 5.92 Å². The van der Waals surface area contributed by atoms with Gasteiger partial charge in [0.1, 0.15) is 0 Å². The Morgan fingerprint density at radius 2 is 2.41 bits per heavy atom. The summed E-state index contributed by atoms with van der Waals surface area (Å²) in [5, 5.41) is 5.40. The molecule has 0 aliphatic carbocycles. The summed E-state index contributed by atoms with van der Waals surface area (Å²) in [6.07, 6.45) is 2.05. The average molecular weight is 273 g/mol. The number of carbonyl (C=O) groups is 1. The van der Waals surface area contributed by atoms with E-state index in [2.05, 4.69) is 16.8 Å². The van der Waals surface area contributed by atoms with Crippen molar-refractivity contribution >= 4 is 29.7 Å². The first kappa shape index (κ1) is 12.9. The molecule has 1 N–H and O–H groups in total. The molecule has 5 heteroatoms. The molecule has 1 saturated heterocycles. The normalized spacial score (nSPS) is 23.1. The molecule has 1 aromatic heterocycles. The van der Waals surface area contributed by atoms with Crippen LogP contribution in [0.5, 0.6) is 0 Å². The van der Waals surface area contributed by atoms with Crippen LogP contribution in [0.15, 0.2) is 11.4 Å². The van der Waals surface area contributed by atoms with E-state index in [-0.39, 0.29) is 18.3 Å². The molecule has 17 heavy (non-hydrogen) atoms. The fourth-order valence-corrected chi connectivity index (χ4v) is 3.45. The van der Waals surface area contributed by atoms with Gasteiger partial charge < -0.3 is 10.2 Å². The molecule has 1 aromatic rings. The van der Waals surface area contributed by atoms with Crippen molar-refractivity contribution in [2.45, 2.75) is 19.4 Å². The first-order valence-corrected chi connectivity index (χ1v) is 6.77. The molecule has 0 radical (unpaired) electrons. The van der Waals surface area contributed by atoms with Gasteiger partial charge in [0.25, 0.3) is 0 Å². The molecule has 1 unspecified atom stereocenters. The molecule has 1 amide bonds. The zero-order valence-corrected chi connectivity index (χ0v) is 11.3. The van der Waals surface area contributed by atoms with Gasteiger partial charge in [-0.15, -0.1) is 23.7 Å². The number of fused-ring (bicyclic) bond motifs is 1. The predicted octanol–water partition coefficient (Wildman–Crippen LogP) is 1.66. The Bertz CT molecular complexity index is 401. The summed E-state index contributed by atoms with van der Waals surface area (Å²) >= 11 is 1.82. The van der Waals surface area contributed by atoms with E-state index in [0.29, 0.717) is 5.91 Å². The van der Waals surface area contributed by atoms with Gasteiger partial charge in [0.2, 0.25) is 5.91 Å². The summed E-state index contributed by atoms with van der Waals surface area (Å²) in [6, 6.07) is 2.16. The standard InChI is InChI=1S/C12H16N2OS.ClH/c15-12(9-1-4-13-7-9)14-5-2-11-10(8-14)3-6-16-11;/h3,6,9,13H,1-2,4-5,7-8H2;1H. The summed E-state index contributed by atoms with van der Waals surface area (Å²) in [6.45, 7) is 3.59. The van der Waals surface area contributed by atoms with Gasteiger partial charge in [-0.05, 0) is 36.4 Å². The van der Waals surface area contributed by atoms with Gasteiger partial charge >= 0.3 is 0 Å². The van der Waals surface area contributed by atoms with Crippen LogP contribution in [0, 0.1) is 5.92 Å². The van der Waals surface area contributed by atoms with E-state index in [4.69, 9.17) is 0 Å². The lowest BCUT2D eigenvalue weighted by Crippen LogP contribution is -2.39. The van der Waals surface area contributed by atoms with E-state index in [9.17, 15) is 4.79 Å². The fraction of sp³-hybridized carbons (Fsp3) is 0.583. The van der Waals surface area contributed by atoms with E-state index >= 15 is 0 Å². The van der Waals surface area contributed by atoms with Crippen LogP contribution in [-0.2, 0) is 17.8 Å². The first-order chi connectivity index (χ1) is 7.84. The second-order valence-corrected chi connectivity index (χ2v) is 5.57. The molecule has 0 spiro atoms. The minimum absolute atomic E-state index is 0. The number of halogens is 1. The second kappa shape index (κ2) is 5.38. The molecule has 0 bridgehead atoms. The highest BCUT2D eigenvalue weighted by Gasteiger charge is 2.29. The van der Waals surface area contributed by atoms with Gasteiger partial charge in [0, 0.05) is 24.5 Å². The van der Waals surface area contributed by atoms with E-state index in [1.165, 1.54) is 10.4 Å². The maximum absolute atomic E-state index is 12.2. The predicted molar refractivity (Wildman–Crippen MR) is 71.7 cm³/mol. The fourth-order valence-electron chi connectivity index (χ4n) is 2.56. The molecular weight excluding hydrogens is 256 g/mol. The number of nitrogens with one attached hydrogen (secondary N) is 1. The third-order valence-electron chi connectivity index (χ3n) is 3.53. The van der Waals surface area contributed by atoms with Gasteiger partial charge in [-0.3, -0.25) is 4.79 Å². The number of hydrogen-bond donors (Lipinski definition) is 1. The van der Waals surface area contributed by atoms with Crippen molar-refractivity contribution in [1.82, 2.24) is 10.2 Å². The number of hydrogen-bond acceptors (Lipinski definition) is 3. The van der Waals surface area contributed by atoms with Gasteiger partial charge in [-0.25, -0.2) is 0 Å². The number of thiophene rings is 1. The highest BCUT2D eigenvalue weighted by atomic mass is 35.5. The van der Waals surface area contributed by atoms with Gasteiger partial charge in [-0.2, -0.15) is 0 Å². The number of amides is 1. The second-order valence-electron chi connectivity index (χ2n) is 4.57. The van der Waals surface area contributed by atoms with Crippen LogP contribution >= 0.6 is 23.7 Å².